The molecule has 24 heavy (non-hydrogen) atoms. The highest BCUT2D eigenvalue weighted by Gasteiger charge is 2.37. The van der Waals surface area contributed by atoms with Gasteiger partial charge in [-0.15, -0.1) is 0 Å². The van der Waals surface area contributed by atoms with E-state index in [9.17, 15) is 4.79 Å². The number of hydrogen-bond donors (Lipinski definition) is 0. The van der Waals surface area contributed by atoms with Crippen molar-refractivity contribution in [3.05, 3.63) is 17.5 Å². The van der Waals surface area contributed by atoms with Crippen LogP contribution in [0.25, 0.3) is 0 Å². The summed E-state index contributed by atoms with van der Waals surface area (Å²) in [5, 5.41) is 4.31. The number of fused-ring (bicyclic) bond motifs is 1. The van der Waals surface area contributed by atoms with Gasteiger partial charge in [-0.1, -0.05) is 0 Å². The van der Waals surface area contributed by atoms with E-state index in [-0.39, 0.29) is 5.91 Å². The second kappa shape index (κ2) is 7.66. The molecule has 1 aromatic heterocycles. The van der Waals surface area contributed by atoms with Crippen molar-refractivity contribution in [2.45, 2.75) is 26.2 Å². The molecule has 0 saturated carbocycles. The Morgan fingerprint density at radius 1 is 1.29 bits per heavy atom. The van der Waals surface area contributed by atoms with Crippen LogP contribution in [0.4, 0.5) is 0 Å². The number of aromatic nitrogens is 2. The summed E-state index contributed by atoms with van der Waals surface area (Å²) in [5.74, 6) is 1.44. The smallest absolute Gasteiger partial charge is 0.272 e. The molecular formula is C18H30N4O2. The summed E-state index contributed by atoms with van der Waals surface area (Å²) in [6, 6.07) is 1.90. The molecule has 1 amide bonds. The van der Waals surface area contributed by atoms with Crippen molar-refractivity contribution in [1.82, 2.24) is 19.6 Å². The van der Waals surface area contributed by atoms with Crippen LogP contribution < -0.4 is 0 Å². The first-order valence-corrected chi connectivity index (χ1v) is 9.09. The Morgan fingerprint density at radius 3 is 2.50 bits per heavy atom. The molecule has 6 heteroatoms. The van der Waals surface area contributed by atoms with E-state index in [2.05, 4.69) is 10.00 Å². The molecule has 0 aromatic carbocycles. The number of methoxy groups -OCH3 is 1. The van der Waals surface area contributed by atoms with E-state index in [0.29, 0.717) is 17.5 Å². The van der Waals surface area contributed by atoms with Crippen molar-refractivity contribution in [2.24, 2.45) is 18.9 Å². The molecule has 2 fully saturated rings. The Hall–Kier alpha value is -1.40. The highest BCUT2D eigenvalue weighted by molar-refractivity contribution is 5.92. The number of rotatable bonds is 5. The molecule has 134 valence electrons. The van der Waals surface area contributed by atoms with Crippen LogP contribution in [0.5, 0.6) is 0 Å². The standard InChI is InChI=1S/C18H30N4O2/c1-14-11-17(20(2)19-14)18(23)22-12-15-5-8-21(7-4-10-24-3)9-6-16(15)13-22/h11,15-16H,4-10,12-13H2,1-3H3/t15-,16+. The summed E-state index contributed by atoms with van der Waals surface area (Å²) < 4.78 is 6.87. The molecule has 0 bridgehead atoms. The number of carbonyl (C=O) groups is 1. The van der Waals surface area contributed by atoms with Crippen molar-refractivity contribution in [3.63, 3.8) is 0 Å². The fourth-order valence-corrected chi connectivity index (χ4v) is 4.20. The largest absolute Gasteiger partial charge is 0.385 e. The van der Waals surface area contributed by atoms with Crippen LogP contribution in [-0.4, -0.2) is 71.9 Å². The normalized spacial score (nSPS) is 24.9. The van der Waals surface area contributed by atoms with Gasteiger partial charge in [0.25, 0.3) is 5.91 Å². The zero-order valence-electron chi connectivity index (χ0n) is 15.2. The van der Waals surface area contributed by atoms with E-state index in [4.69, 9.17) is 4.74 Å². The number of carbonyl (C=O) groups excluding carboxylic acids is 1. The highest BCUT2D eigenvalue weighted by Crippen LogP contribution is 2.32. The maximum atomic E-state index is 12.8. The highest BCUT2D eigenvalue weighted by atomic mass is 16.5. The molecule has 3 heterocycles. The molecule has 0 N–H and O–H groups in total. The van der Waals surface area contributed by atoms with Gasteiger partial charge >= 0.3 is 0 Å². The summed E-state index contributed by atoms with van der Waals surface area (Å²) in [6.45, 7) is 8.01. The Labute approximate surface area is 144 Å². The fraction of sp³-hybridized carbons (Fsp3) is 0.778. The Balaban J connectivity index is 1.55. The monoisotopic (exact) mass is 334 g/mol. The summed E-state index contributed by atoms with van der Waals surface area (Å²) in [6.07, 6.45) is 3.51. The first-order valence-electron chi connectivity index (χ1n) is 9.09. The predicted octanol–water partition coefficient (Wildman–Crippen LogP) is 1.55. The first kappa shape index (κ1) is 17.4. The first-order chi connectivity index (χ1) is 11.6. The zero-order chi connectivity index (χ0) is 17.1. The third-order valence-corrected chi connectivity index (χ3v) is 5.54. The topological polar surface area (TPSA) is 50.6 Å². The lowest BCUT2D eigenvalue weighted by molar-refractivity contribution is 0.0769. The molecule has 2 aliphatic heterocycles. The molecule has 0 unspecified atom stereocenters. The molecule has 1 aromatic rings. The zero-order valence-corrected chi connectivity index (χ0v) is 15.2. The molecule has 0 spiro atoms. The molecule has 0 aliphatic carbocycles. The number of hydrogen-bond acceptors (Lipinski definition) is 4. The minimum atomic E-state index is 0.142. The van der Waals surface area contributed by atoms with Gasteiger partial charge in [0, 0.05) is 40.4 Å². The molecule has 2 saturated heterocycles. The Morgan fingerprint density at radius 2 is 1.96 bits per heavy atom. The van der Waals surface area contributed by atoms with E-state index < -0.39 is 0 Å². The van der Waals surface area contributed by atoms with Gasteiger partial charge in [-0.2, -0.15) is 5.10 Å². The SMILES string of the molecule is COCCCN1CC[C@@H]2CN(C(=O)c3cc(C)nn3C)C[C@@H]2CC1. The summed E-state index contributed by atoms with van der Waals surface area (Å²) >= 11 is 0. The third-order valence-electron chi connectivity index (χ3n) is 5.54. The minimum absolute atomic E-state index is 0.142. The second-order valence-corrected chi connectivity index (χ2v) is 7.29. The minimum Gasteiger partial charge on any atom is -0.385 e. The van der Waals surface area contributed by atoms with Crippen molar-refractivity contribution >= 4 is 5.91 Å². The Kier molecular flexibility index (Phi) is 5.56. The van der Waals surface area contributed by atoms with Crippen LogP contribution in [0.2, 0.25) is 0 Å². The molecule has 2 aliphatic rings. The molecule has 2 atom stereocenters. The van der Waals surface area contributed by atoms with E-state index in [1.807, 2.05) is 24.9 Å². The van der Waals surface area contributed by atoms with Gasteiger partial charge in [0.2, 0.25) is 0 Å². The second-order valence-electron chi connectivity index (χ2n) is 7.29. The van der Waals surface area contributed by atoms with Crippen LogP contribution in [0.3, 0.4) is 0 Å². The Bertz CT molecular complexity index is 555. The van der Waals surface area contributed by atoms with Gasteiger partial charge in [-0.05, 0) is 57.2 Å². The molecule has 3 rings (SSSR count). The average Bonchev–Trinajstić information content (AvgIpc) is 3.06. The van der Waals surface area contributed by atoms with Gasteiger partial charge in [0.05, 0.1) is 5.69 Å². The van der Waals surface area contributed by atoms with E-state index >= 15 is 0 Å². The maximum absolute atomic E-state index is 12.8. The van der Waals surface area contributed by atoms with Crippen LogP contribution in [0, 0.1) is 18.8 Å². The van der Waals surface area contributed by atoms with Gasteiger partial charge < -0.3 is 14.5 Å². The summed E-state index contributed by atoms with van der Waals surface area (Å²) in [4.78, 5) is 17.4. The summed E-state index contributed by atoms with van der Waals surface area (Å²) in [5.41, 5.74) is 1.62. The fourth-order valence-electron chi connectivity index (χ4n) is 4.20. The van der Waals surface area contributed by atoms with E-state index in [1.165, 1.54) is 12.8 Å². The summed E-state index contributed by atoms with van der Waals surface area (Å²) in [7, 11) is 3.62. The van der Waals surface area contributed by atoms with Gasteiger partial charge in [0.1, 0.15) is 5.69 Å². The van der Waals surface area contributed by atoms with Crippen LogP contribution in [0.15, 0.2) is 6.07 Å². The number of likely N-dealkylation sites (tertiary alicyclic amines) is 2. The molecule has 6 nitrogen and oxygen atoms in total. The van der Waals surface area contributed by atoms with Crippen LogP contribution in [0.1, 0.15) is 35.4 Å². The predicted molar refractivity (Wildman–Crippen MR) is 93.0 cm³/mol. The lowest BCUT2D eigenvalue weighted by Gasteiger charge is -2.21. The quantitative estimate of drug-likeness (QED) is 0.767. The number of ether oxygens (including phenoxy) is 1. The van der Waals surface area contributed by atoms with Crippen molar-refractivity contribution in [3.8, 4) is 0 Å². The molecular weight excluding hydrogens is 304 g/mol. The lowest BCUT2D eigenvalue weighted by atomic mass is 9.92. The van der Waals surface area contributed by atoms with Crippen molar-refractivity contribution in [1.29, 1.82) is 0 Å². The van der Waals surface area contributed by atoms with Gasteiger partial charge in [-0.25, -0.2) is 0 Å². The lowest BCUT2D eigenvalue weighted by Crippen LogP contribution is -2.32. The van der Waals surface area contributed by atoms with Crippen LogP contribution in [-0.2, 0) is 11.8 Å². The van der Waals surface area contributed by atoms with Crippen LogP contribution >= 0.6 is 0 Å². The van der Waals surface area contributed by atoms with Gasteiger partial charge in [0.15, 0.2) is 0 Å². The third kappa shape index (κ3) is 3.81. The average molecular weight is 334 g/mol. The number of amides is 1. The van der Waals surface area contributed by atoms with Crippen molar-refractivity contribution < 1.29 is 9.53 Å². The maximum Gasteiger partial charge on any atom is 0.272 e. The van der Waals surface area contributed by atoms with Crippen molar-refractivity contribution in [2.75, 3.05) is 46.4 Å². The van der Waals surface area contributed by atoms with E-state index in [0.717, 1.165) is 51.4 Å². The number of aryl methyl sites for hydroxylation is 2. The number of nitrogens with zero attached hydrogens (tertiary/aromatic N) is 4. The van der Waals surface area contributed by atoms with E-state index in [1.54, 1.807) is 11.8 Å². The van der Waals surface area contributed by atoms with Gasteiger partial charge in [-0.3, -0.25) is 9.48 Å². The molecule has 0 radical (unpaired) electrons.